The first-order chi connectivity index (χ1) is 7.84. The number of piperazine rings is 1. The molecule has 1 rings (SSSR count). The molecule has 1 saturated heterocycles. The summed E-state index contributed by atoms with van der Waals surface area (Å²) in [5.41, 5.74) is 1.02. The molecule has 1 fully saturated rings. The van der Waals surface area contributed by atoms with Crippen LogP contribution in [0, 0.1) is 10.1 Å². The molecule has 0 aliphatic carbocycles. The summed E-state index contributed by atoms with van der Waals surface area (Å²) in [5, 5.41) is 10.5. The van der Waals surface area contributed by atoms with E-state index in [1.807, 2.05) is 6.92 Å². The smallest absolute Gasteiger partial charge is 0.253 e. The summed E-state index contributed by atoms with van der Waals surface area (Å²) in [7, 11) is 0. The highest BCUT2D eigenvalue weighted by Gasteiger charge is 2.26. The molecular formula is C12H23N3O2. The zero-order chi connectivity index (χ0) is 13.1. The van der Waals surface area contributed by atoms with Gasteiger partial charge in [0, 0.05) is 31.7 Å². The average Bonchev–Trinajstić information content (AvgIpc) is 2.24. The SMILES string of the molecule is CC/C(=C\[N+](=O)[O-])N1CCN(C(C)(C)C)CC1. The third kappa shape index (κ3) is 4.00. The van der Waals surface area contributed by atoms with Gasteiger partial charge in [-0.15, -0.1) is 0 Å². The Hall–Kier alpha value is -1.10. The zero-order valence-corrected chi connectivity index (χ0v) is 11.3. The van der Waals surface area contributed by atoms with E-state index in [4.69, 9.17) is 0 Å². The van der Waals surface area contributed by atoms with E-state index in [0.29, 0.717) is 0 Å². The van der Waals surface area contributed by atoms with Gasteiger partial charge < -0.3 is 4.90 Å². The maximum absolute atomic E-state index is 10.5. The lowest BCUT2D eigenvalue weighted by Crippen LogP contribution is -2.53. The second kappa shape index (κ2) is 5.49. The lowest BCUT2D eigenvalue weighted by atomic mass is 10.0. The van der Waals surface area contributed by atoms with Crippen molar-refractivity contribution in [1.29, 1.82) is 0 Å². The molecule has 17 heavy (non-hydrogen) atoms. The quantitative estimate of drug-likeness (QED) is 0.559. The molecule has 0 amide bonds. The van der Waals surface area contributed by atoms with Crippen LogP contribution in [-0.2, 0) is 0 Å². The van der Waals surface area contributed by atoms with E-state index >= 15 is 0 Å². The second-order valence-corrected chi connectivity index (χ2v) is 5.40. The summed E-state index contributed by atoms with van der Waals surface area (Å²) >= 11 is 0. The summed E-state index contributed by atoms with van der Waals surface area (Å²) < 4.78 is 0. The van der Waals surface area contributed by atoms with Crippen LogP contribution in [-0.4, -0.2) is 46.4 Å². The number of hydrogen-bond donors (Lipinski definition) is 0. The fourth-order valence-electron chi connectivity index (χ4n) is 2.18. The predicted molar refractivity (Wildman–Crippen MR) is 68.3 cm³/mol. The zero-order valence-electron chi connectivity index (χ0n) is 11.3. The minimum Gasteiger partial charge on any atom is -0.367 e. The van der Waals surface area contributed by atoms with Crippen molar-refractivity contribution >= 4 is 0 Å². The second-order valence-electron chi connectivity index (χ2n) is 5.40. The lowest BCUT2D eigenvalue weighted by Gasteiger charge is -2.43. The first kappa shape index (κ1) is 14.0. The Bertz CT molecular complexity index is 299. The van der Waals surface area contributed by atoms with E-state index in [2.05, 4.69) is 30.6 Å². The molecule has 0 aromatic heterocycles. The Morgan fingerprint density at radius 2 is 1.82 bits per heavy atom. The Balaban J connectivity index is 2.59. The van der Waals surface area contributed by atoms with E-state index < -0.39 is 0 Å². The van der Waals surface area contributed by atoms with Crippen LogP contribution in [0.15, 0.2) is 11.9 Å². The van der Waals surface area contributed by atoms with Gasteiger partial charge in [0.1, 0.15) is 0 Å². The molecule has 0 bridgehead atoms. The van der Waals surface area contributed by atoms with Crippen LogP contribution >= 0.6 is 0 Å². The van der Waals surface area contributed by atoms with Gasteiger partial charge in [-0.2, -0.15) is 0 Å². The molecule has 0 spiro atoms. The van der Waals surface area contributed by atoms with Crippen LogP contribution in [0.1, 0.15) is 34.1 Å². The third-order valence-corrected chi connectivity index (χ3v) is 3.25. The van der Waals surface area contributed by atoms with Gasteiger partial charge in [-0.05, 0) is 27.2 Å². The van der Waals surface area contributed by atoms with Crippen LogP contribution in [0.25, 0.3) is 0 Å². The summed E-state index contributed by atoms with van der Waals surface area (Å²) in [5.74, 6) is 0. The van der Waals surface area contributed by atoms with Gasteiger partial charge in [0.15, 0.2) is 0 Å². The first-order valence-electron chi connectivity index (χ1n) is 6.18. The lowest BCUT2D eigenvalue weighted by molar-refractivity contribution is -0.404. The van der Waals surface area contributed by atoms with E-state index in [-0.39, 0.29) is 10.5 Å². The van der Waals surface area contributed by atoms with Crippen molar-refractivity contribution in [3.63, 3.8) is 0 Å². The van der Waals surface area contributed by atoms with Gasteiger partial charge in [-0.3, -0.25) is 15.0 Å². The van der Waals surface area contributed by atoms with Gasteiger partial charge in [0.05, 0.1) is 10.6 Å². The number of allylic oxidation sites excluding steroid dienone is 1. The van der Waals surface area contributed by atoms with Gasteiger partial charge in [-0.1, -0.05) is 6.92 Å². The van der Waals surface area contributed by atoms with E-state index in [1.165, 1.54) is 0 Å². The molecule has 1 aliphatic rings. The van der Waals surface area contributed by atoms with Crippen LogP contribution < -0.4 is 0 Å². The Kier molecular flexibility index (Phi) is 4.51. The van der Waals surface area contributed by atoms with Crippen molar-refractivity contribution in [2.45, 2.75) is 39.7 Å². The Morgan fingerprint density at radius 1 is 1.29 bits per heavy atom. The average molecular weight is 241 g/mol. The monoisotopic (exact) mass is 241 g/mol. The summed E-state index contributed by atoms with van der Waals surface area (Å²) in [6.07, 6.45) is 1.86. The largest absolute Gasteiger partial charge is 0.367 e. The van der Waals surface area contributed by atoms with E-state index in [0.717, 1.165) is 44.5 Å². The van der Waals surface area contributed by atoms with Crippen LogP contribution in [0.3, 0.4) is 0 Å². The molecule has 0 unspecified atom stereocenters. The molecule has 1 heterocycles. The van der Waals surface area contributed by atoms with E-state index in [1.54, 1.807) is 0 Å². The molecule has 0 aromatic rings. The molecular weight excluding hydrogens is 218 g/mol. The predicted octanol–water partition coefficient (Wildman–Crippen LogP) is 1.93. The van der Waals surface area contributed by atoms with Crippen molar-refractivity contribution < 1.29 is 4.92 Å². The minimum absolute atomic E-state index is 0.186. The van der Waals surface area contributed by atoms with Crippen molar-refractivity contribution in [3.05, 3.63) is 22.0 Å². The Labute approximate surface area is 103 Å². The van der Waals surface area contributed by atoms with Gasteiger partial charge in [0.25, 0.3) is 6.20 Å². The first-order valence-corrected chi connectivity index (χ1v) is 6.18. The highest BCUT2D eigenvalue weighted by Crippen LogP contribution is 2.19. The highest BCUT2D eigenvalue weighted by molar-refractivity contribution is 4.99. The molecule has 0 N–H and O–H groups in total. The Morgan fingerprint density at radius 3 is 2.18 bits per heavy atom. The fraction of sp³-hybridized carbons (Fsp3) is 0.833. The highest BCUT2D eigenvalue weighted by atomic mass is 16.6. The topological polar surface area (TPSA) is 49.6 Å². The molecule has 0 aromatic carbocycles. The van der Waals surface area contributed by atoms with Crippen LogP contribution in [0.4, 0.5) is 0 Å². The number of nitro groups is 1. The van der Waals surface area contributed by atoms with E-state index in [9.17, 15) is 10.1 Å². The molecule has 5 heteroatoms. The summed E-state index contributed by atoms with van der Waals surface area (Å²) in [4.78, 5) is 14.7. The van der Waals surface area contributed by atoms with Gasteiger partial charge in [0.2, 0.25) is 0 Å². The van der Waals surface area contributed by atoms with Crippen molar-refractivity contribution in [3.8, 4) is 0 Å². The maximum Gasteiger partial charge on any atom is 0.253 e. The number of nitrogens with zero attached hydrogens (tertiary/aromatic N) is 3. The minimum atomic E-state index is -0.352. The van der Waals surface area contributed by atoms with Crippen molar-refractivity contribution in [1.82, 2.24) is 9.80 Å². The van der Waals surface area contributed by atoms with Gasteiger partial charge in [-0.25, -0.2) is 0 Å². The summed E-state index contributed by atoms with van der Waals surface area (Å²) in [6.45, 7) is 12.3. The standard InChI is InChI=1S/C12H23N3O2/c1-5-11(10-15(16)17)13-6-8-14(9-7-13)12(2,3)4/h10H,5-9H2,1-4H3/b11-10+. The number of rotatable bonds is 3. The van der Waals surface area contributed by atoms with Crippen molar-refractivity contribution in [2.24, 2.45) is 0 Å². The fourth-order valence-corrected chi connectivity index (χ4v) is 2.18. The molecule has 98 valence electrons. The molecule has 1 aliphatic heterocycles. The molecule has 5 nitrogen and oxygen atoms in total. The van der Waals surface area contributed by atoms with Crippen LogP contribution in [0.5, 0.6) is 0 Å². The van der Waals surface area contributed by atoms with Crippen molar-refractivity contribution in [2.75, 3.05) is 26.2 Å². The maximum atomic E-state index is 10.5. The summed E-state index contributed by atoms with van der Waals surface area (Å²) in [6, 6.07) is 0. The van der Waals surface area contributed by atoms with Gasteiger partial charge >= 0.3 is 0 Å². The molecule has 0 saturated carbocycles. The third-order valence-electron chi connectivity index (χ3n) is 3.25. The molecule has 0 radical (unpaired) electrons. The van der Waals surface area contributed by atoms with Crippen LogP contribution in [0.2, 0.25) is 0 Å². The normalized spacial score (nSPS) is 19.5. The molecule has 0 atom stereocenters. The number of hydrogen-bond acceptors (Lipinski definition) is 4.